The van der Waals surface area contributed by atoms with Crippen molar-refractivity contribution in [3.05, 3.63) is 28.8 Å². The highest BCUT2D eigenvalue weighted by atomic mass is 35.5. The van der Waals surface area contributed by atoms with E-state index in [0.717, 1.165) is 22.8 Å². The molecular weight excluding hydrogens is 286 g/mol. The maximum Gasteiger partial charge on any atom is 0.245 e. The van der Waals surface area contributed by atoms with Gasteiger partial charge in [-0.3, -0.25) is 4.79 Å². The highest BCUT2D eigenvalue weighted by Gasteiger charge is 2.38. The lowest BCUT2D eigenvalue weighted by molar-refractivity contribution is -0.126. The first-order valence-electron chi connectivity index (χ1n) is 7.40. The van der Waals surface area contributed by atoms with Gasteiger partial charge in [0, 0.05) is 41.9 Å². The van der Waals surface area contributed by atoms with Crippen LogP contribution in [0.5, 0.6) is 0 Å². The molecule has 1 amide bonds. The molecule has 1 aromatic carbocycles. The lowest BCUT2D eigenvalue weighted by Crippen LogP contribution is -2.62. The summed E-state index contributed by atoms with van der Waals surface area (Å²) in [5.74, 6) is 0.0523. The summed E-state index contributed by atoms with van der Waals surface area (Å²) in [4.78, 5) is 14.3. The van der Waals surface area contributed by atoms with Gasteiger partial charge in [-0.25, -0.2) is 0 Å². The van der Waals surface area contributed by atoms with Gasteiger partial charge in [-0.05, 0) is 26.0 Å². The van der Waals surface area contributed by atoms with E-state index in [1.807, 2.05) is 32.0 Å². The van der Waals surface area contributed by atoms with Gasteiger partial charge in [-0.1, -0.05) is 31.5 Å². The number of carbonyl (C=O) groups is 1. The van der Waals surface area contributed by atoms with Gasteiger partial charge in [0.15, 0.2) is 0 Å². The highest BCUT2D eigenvalue weighted by molar-refractivity contribution is 6.31. The molecule has 2 rings (SSSR count). The molecule has 1 aromatic rings. The predicted molar refractivity (Wildman–Crippen MR) is 87.9 cm³/mol. The molecule has 0 saturated carbocycles. The zero-order valence-corrected chi connectivity index (χ0v) is 13.9. The van der Waals surface area contributed by atoms with E-state index < -0.39 is 5.54 Å². The highest BCUT2D eigenvalue weighted by Crippen LogP contribution is 2.33. The average Bonchev–Trinajstić information content (AvgIpc) is 2.40. The number of amides is 1. The van der Waals surface area contributed by atoms with E-state index in [2.05, 4.69) is 29.4 Å². The number of halogens is 1. The summed E-state index contributed by atoms with van der Waals surface area (Å²) in [6, 6.07) is 6.27. The molecule has 21 heavy (non-hydrogen) atoms. The molecule has 4 nitrogen and oxygen atoms in total. The van der Waals surface area contributed by atoms with Gasteiger partial charge in [0.1, 0.15) is 5.54 Å². The zero-order chi connectivity index (χ0) is 15.6. The molecule has 0 bridgehead atoms. The van der Waals surface area contributed by atoms with Crippen molar-refractivity contribution < 1.29 is 4.79 Å². The minimum atomic E-state index is -0.574. The van der Waals surface area contributed by atoms with Crippen LogP contribution in [-0.2, 0) is 11.3 Å². The Bertz CT molecular complexity index is 528. The van der Waals surface area contributed by atoms with E-state index in [4.69, 9.17) is 11.6 Å². The number of benzene rings is 1. The Balaban J connectivity index is 2.38. The summed E-state index contributed by atoms with van der Waals surface area (Å²) in [5, 5.41) is 7.07. The van der Waals surface area contributed by atoms with Crippen LogP contribution in [0.25, 0.3) is 0 Å². The minimum Gasteiger partial charge on any atom is -0.355 e. The normalized spacial score (nSPS) is 18.0. The van der Waals surface area contributed by atoms with Crippen LogP contribution in [0, 0.1) is 0 Å². The van der Waals surface area contributed by atoms with E-state index in [-0.39, 0.29) is 5.91 Å². The second-order valence-corrected chi connectivity index (χ2v) is 6.65. The SMILES string of the molecule is CC(C)NCc1c(Cl)cccc1N1CCNC(=O)C1(C)C. The van der Waals surface area contributed by atoms with Gasteiger partial charge >= 0.3 is 0 Å². The summed E-state index contributed by atoms with van der Waals surface area (Å²) in [6.07, 6.45) is 0. The van der Waals surface area contributed by atoms with Crippen molar-refractivity contribution in [2.75, 3.05) is 18.0 Å². The Labute approximate surface area is 131 Å². The number of anilines is 1. The van der Waals surface area contributed by atoms with Gasteiger partial charge in [0.05, 0.1) is 0 Å². The molecule has 0 aliphatic carbocycles. The Kier molecular flexibility index (Phi) is 4.79. The zero-order valence-electron chi connectivity index (χ0n) is 13.2. The molecule has 1 heterocycles. The largest absolute Gasteiger partial charge is 0.355 e. The van der Waals surface area contributed by atoms with Crippen molar-refractivity contribution in [2.45, 2.75) is 45.8 Å². The Morgan fingerprint density at radius 2 is 2.14 bits per heavy atom. The van der Waals surface area contributed by atoms with E-state index in [9.17, 15) is 4.79 Å². The first-order chi connectivity index (χ1) is 9.84. The van der Waals surface area contributed by atoms with Crippen molar-refractivity contribution in [2.24, 2.45) is 0 Å². The number of carbonyl (C=O) groups excluding carboxylic acids is 1. The smallest absolute Gasteiger partial charge is 0.245 e. The molecule has 1 aliphatic rings. The number of hydrogen-bond donors (Lipinski definition) is 2. The molecule has 0 unspecified atom stereocenters. The second-order valence-electron chi connectivity index (χ2n) is 6.24. The van der Waals surface area contributed by atoms with Crippen molar-refractivity contribution >= 4 is 23.2 Å². The fraction of sp³-hybridized carbons (Fsp3) is 0.562. The second kappa shape index (κ2) is 6.24. The van der Waals surface area contributed by atoms with Crippen LogP contribution in [0.2, 0.25) is 5.02 Å². The Morgan fingerprint density at radius 3 is 2.81 bits per heavy atom. The van der Waals surface area contributed by atoms with Gasteiger partial charge in [0.25, 0.3) is 0 Å². The summed E-state index contributed by atoms with van der Waals surface area (Å²) >= 11 is 6.39. The summed E-state index contributed by atoms with van der Waals surface area (Å²) in [7, 11) is 0. The van der Waals surface area contributed by atoms with Crippen LogP contribution >= 0.6 is 11.6 Å². The van der Waals surface area contributed by atoms with Crippen LogP contribution in [0.3, 0.4) is 0 Å². The Hall–Kier alpha value is -1.26. The molecule has 0 aromatic heterocycles. The number of hydrogen-bond acceptors (Lipinski definition) is 3. The third-order valence-corrected chi connectivity index (χ3v) is 4.28. The van der Waals surface area contributed by atoms with Gasteiger partial charge < -0.3 is 15.5 Å². The first kappa shape index (κ1) is 16.1. The maximum atomic E-state index is 12.2. The molecule has 5 heteroatoms. The fourth-order valence-electron chi connectivity index (χ4n) is 2.60. The molecule has 1 aliphatic heterocycles. The topological polar surface area (TPSA) is 44.4 Å². The van der Waals surface area contributed by atoms with Crippen molar-refractivity contribution in [1.82, 2.24) is 10.6 Å². The summed E-state index contributed by atoms with van der Waals surface area (Å²) in [5.41, 5.74) is 1.52. The molecule has 0 radical (unpaired) electrons. The number of rotatable bonds is 4. The van der Waals surface area contributed by atoms with E-state index in [1.54, 1.807) is 0 Å². The average molecular weight is 310 g/mol. The fourth-order valence-corrected chi connectivity index (χ4v) is 2.84. The Morgan fingerprint density at radius 1 is 1.43 bits per heavy atom. The molecule has 116 valence electrons. The molecule has 0 spiro atoms. The molecule has 1 fully saturated rings. The third kappa shape index (κ3) is 3.33. The van der Waals surface area contributed by atoms with Crippen molar-refractivity contribution in [3.8, 4) is 0 Å². The lowest BCUT2D eigenvalue weighted by Gasteiger charge is -2.43. The number of nitrogens with one attached hydrogen (secondary N) is 2. The first-order valence-corrected chi connectivity index (χ1v) is 7.78. The van der Waals surface area contributed by atoms with Crippen LogP contribution in [0.4, 0.5) is 5.69 Å². The number of piperazine rings is 1. The maximum absolute atomic E-state index is 12.2. The van der Waals surface area contributed by atoms with E-state index in [1.165, 1.54) is 0 Å². The molecule has 0 atom stereocenters. The molecule has 1 saturated heterocycles. The monoisotopic (exact) mass is 309 g/mol. The quantitative estimate of drug-likeness (QED) is 0.898. The van der Waals surface area contributed by atoms with Gasteiger partial charge in [-0.2, -0.15) is 0 Å². The lowest BCUT2D eigenvalue weighted by atomic mass is 9.96. The van der Waals surface area contributed by atoms with E-state index in [0.29, 0.717) is 19.1 Å². The third-order valence-electron chi connectivity index (χ3n) is 3.92. The predicted octanol–water partition coefficient (Wildman–Crippen LogP) is 2.55. The van der Waals surface area contributed by atoms with Crippen LogP contribution in [-0.4, -0.2) is 30.6 Å². The number of nitrogens with zero attached hydrogens (tertiary/aromatic N) is 1. The molecular formula is C16H24ClN3O. The van der Waals surface area contributed by atoms with Crippen LogP contribution in [0.1, 0.15) is 33.3 Å². The minimum absolute atomic E-state index is 0.0523. The summed E-state index contributed by atoms with van der Waals surface area (Å²) in [6.45, 7) is 10.2. The van der Waals surface area contributed by atoms with Crippen LogP contribution in [0.15, 0.2) is 18.2 Å². The van der Waals surface area contributed by atoms with Crippen molar-refractivity contribution in [3.63, 3.8) is 0 Å². The van der Waals surface area contributed by atoms with Gasteiger partial charge in [0.2, 0.25) is 5.91 Å². The standard InChI is InChI=1S/C16H24ClN3O/c1-11(2)19-10-12-13(17)6-5-7-14(12)20-9-8-18-15(21)16(20,3)4/h5-7,11,19H,8-10H2,1-4H3,(H,18,21). The van der Waals surface area contributed by atoms with Crippen molar-refractivity contribution in [1.29, 1.82) is 0 Å². The van der Waals surface area contributed by atoms with Gasteiger partial charge in [-0.15, -0.1) is 0 Å². The van der Waals surface area contributed by atoms with Crippen LogP contribution < -0.4 is 15.5 Å². The molecule has 2 N–H and O–H groups in total. The summed E-state index contributed by atoms with van der Waals surface area (Å²) < 4.78 is 0. The van der Waals surface area contributed by atoms with E-state index >= 15 is 0 Å².